The SMILES string of the molecule is COc1ccc(C2CCC(CN(C(=O)C3CCC(C(C)C)CC3)c3cccc(-c4cnn(C5CC5)c4)c3)CC2)cc1C. The summed E-state index contributed by atoms with van der Waals surface area (Å²) in [6.07, 6.45) is 15.7. The first-order valence-corrected chi connectivity index (χ1v) is 16.5. The molecule has 5 heteroatoms. The fourth-order valence-corrected chi connectivity index (χ4v) is 7.55. The topological polar surface area (TPSA) is 47.4 Å². The molecule has 42 heavy (non-hydrogen) atoms. The van der Waals surface area contributed by atoms with Crippen molar-refractivity contribution in [2.24, 2.45) is 23.7 Å². The van der Waals surface area contributed by atoms with Crippen molar-refractivity contribution in [2.45, 2.75) is 96.9 Å². The van der Waals surface area contributed by atoms with Gasteiger partial charge in [-0.05, 0) is 130 Å². The maximum Gasteiger partial charge on any atom is 0.230 e. The number of aryl methyl sites for hydroxylation is 1. The molecule has 6 rings (SSSR count). The Bertz CT molecular complexity index is 1360. The Morgan fingerprint density at radius 2 is 1.71 bits per heavy atom. The molecule has 0 radical (unpaired) electrons. The maximum atomic E-state index is 14.3. The Labute approximate surface area is 252 Å². The monoisotopic (exact) mass is 567 g/mol. The fraction of sp³-hybridized carbons (Fsp3) is 0.568. The van der Waals surface area contributed by atoms with E-state index < -0.39 is 0 Å². The summed E-state index contributed by atoms with van der Waals surface area (Å²) >= 11 is 0. The minimum atomic E-state index is 0.139. The molecule has 3 aliphatic carbocycles. The number of ether oxygens (including phenoxy) is 1. The number of carbonyl (C=O) groups is 1. The van der Waals surface area contributed by atoms with Crippen molar-refractivity contribution in [3.8, 4) is 16.9 Å². The molecule has 1 heterocycles. The molecule has 0 N–H and O–H groups in total. The van der Waals surface area contributed by atoms with Crippen molar-refractivity contribution in [3.05, 3.63) is 66.0 Å². The molecule has 5 nitrogen and oxygen atoms in total. The van der Waals surface area contributed by atoms with Gasteiger partial charge in [0.05, 0.1) is 19.3 Å². The van der Waals surface area contributed by atoms with Gasteiger partial charge < -0.3 is 9.64 Å². The Morgan fingerprint density at radius 3 is 2.38 bits per heavy atom. The lowest BCUT2D eigenvalue weighted by Crippen LogP contribution is -2.41. The van der Waals surface area contributed by atoms with E-state index in [1.54, 1.807) is 7.11 Å². The predicted octanol–water partition coefficient (Wildman–Crippen LogP) is 8.97. The smallest absolute Gasteiger partial charge is 0.230 e. The first-order valence-electron chi connectivity index (χ1n) is 16.5. The third-order valence-corrected chi connectivity index (χ3v) is 10.5. The number of carbonyl (C=O) groups excluding carboxylic acids is 1. The highest BCUT2D eigenvalue weighted by Gasteiger charge is 2.33. The van der Waals surface area contributed by atoms with Crippen molar-refractivity contribution < 1.29 is 9.53 Å². The van der Waals surface area contributed by atoms with E-state index in [2.05, 4.69) is 84.1 Å². The molecule has 2 aromatic carbocycles. The van der Waals surface area contributed by atoms with Crippen molar-refractivity contribution in [1.82, 2.24) is 9.78 Å². The molecule has 3 aliphatic rings. The molecular formula is C37H49N3O2. The number of aromatic nitrogens is 2. The lowest BCUT2D eigenvalue weighted by molar-refractivity contribution is -0.123. The van der Waals surface area contributed by atoms with Crippen LogP contribution >= 0.6 is 0 Å². The first-order chi connectivity index (χ1) is 20.4. The molecule has 3 saturated carbocycles. The van der Waals surface area contributed by atoms with Crippen LogP contribution in [0.15, 0.2) is 54.9 Å². The van der Waals surface area contributed by atoms with E-state index in [9.17, 15) is 4.79 Å². The molecule has 0 aliphatic heterocycles. The van der Waals surface area contributed by atoms with Crippen LogP contribution in [0, 0.1) is 30.6 Å². The third-order valence-electron chi connectivity index (χ3n) is 10.5. The van der Waals surface area contributed by atoms with Crippen LogP contribution in [0.2, 0.25) is 0 Å². The molecule has 3 aromatic rings. The molecule has 0 spiro atoms. The highest BCUT2D eigenvalue weighted by atomic mass is 16.5. The Morgan fingerprint density at radius 1 is 0.952 bits per heavy atom. The van der Waals surface area contributed by atoms with Crippen molar-refractivity contribution in [3.63, 3.8) is 0 Å². The zero-order valence-electron chi connectivity index (χ0n) is 26.1. The lowest BCUT2D eigenvalue weighted by Gasteiger charge is -2.37. The number of amides is 1. The number of anilines is 1. The van der Waals surface area contributed by atoms with Gasteiger partial charge in [-0.25, -0.2) is 0 Å². The van der Waals surface area contributed by atoms with E-state index in [-0.39, 0.29) is 5.92 Å². The fourth-order valence-electron chi connectivity index (χ4n) is 7.55. The average Bonchev–Trinajstić information content (AvgIpc) is 3.75. The molecule has 1 aromatic heterocycles. The van der Waals surface area contributed by atoms with Crippen LogP contribution in [0.5, 0.6) is 5.75 Å². The summed E-state index contributed by atoms with van der Waals surface area (Å²) in [5, 5.41) is 4.63. The zero-order valence-corrected chi connectivity index (χ0v) is 26.1. The van der Waals surface area contributed by atoms with Crippen LogP contribution in [0.1, 0.15) is 101 Å². The van der Waals surface area contributed by atoms with Gasteiger partial charge in [-0.2, -0.15) is 5.10 Å². The number of methoxy groups -OCH3 is 1. The van der Waals surface area contributed by atoms with Crippen LogP contribution in [0.4, 0.5) is 5.69 Å². The predicted molar refractivity (Wildman–Crippen MR) is 171 cm³/mol. The van der Waals surface area contributed by atoms with Crippen molar-refractivity contribution in [2.75, 3.05) is 18.6 Å². The van der Waals surface area contributed by atoms with Gasteiger partial charge in [0, 0.05) is 29.9 Å². The summed E-state index contributed by atoms with van der Waals surface area (Å²) in [5.74, 6) is 4.02. The number of rotatable bonds is 9. The molecule has 0 saturated heterocycles. The molecule has 3 fully saturated rings. The van der Waals surface area contributed by atoms with Gasteiger partial charge in [0.15, 0.2) is 0 Å². The van der Waals surface area contributed by atoms with Gasteiger partial charge in [-0.1, -0.05) is 38.1 Å². The van der Waals surface area contributed by atoms with Gasteiger partial charge in [0.1, 0.15) is 5.75 Å². The van der Waals surface area contributed by atoms with Crippen LogP contribution in [-0.2, 0) is 4.79 Å². The van der Waals surface area contributed by atoms with Gasteiger partial charge in [0.25, 0.3) is 0 Å². The van der Waals surface area contributed by atoms with Crippen LogP contribution in [-0.4, -0.2) is 29.3 Å². The van der Waals surface area contributed by atoms with E-state index in [0.29, 0.717) is 29.7 Å². The largest absolute Gasteiger partial charge is 0.496 e. The molecule has 224 valence electrons. The Hall–Kier alpha value is -3.08. The number of nitrogens with zero attached hydrogens (tertiary/aromatic N) is 3. The number of hydrogen-bond acceptors (Lipinski definition) is 3. The second-order valence-electron chi connectivity index (χ2n) is 13.7. The minimum absolute atomic E-state index is 0.139. The molecule has 1 amide bonds. The molecule has 0 bridgehead atoms. The van der Waals surface area contributed by atoms with E-state index in [1.807, 2.05) is 6.20 Å². The third kappa shape index (κ3) is 6.45. The second-order valence-corrected chi connectivity index (χ2v) is 13.7. The second kappa shape index (κ2) is 12.7. The molecule has 0 atom stereocenters. The summed E-state index contributed by atoms with van der Waals surface area (Å²) in [7, 11) is 1.74. The van der Waals surface area contributed by atoms with E-state index in [1.165, 1.54) is 49.7 Å². The Balaban J connectivity index is 1.19. The zero-order chi connectivity index (χ0) is 29.2. The normalized spacial score (nSPS) is 24.5. The Kier molecular flexibility index (Phi) is 8.74. The molecule has 0 unspecified atom stereocenters. The van der Waals surface area contributed by atoms with Gasteiger partial charge >= 0.3 is 0 Å². The highest BCUT2D eigenvalue weighted by Crippen LogP contribution is 2.40. The number of hydrogen-bond donors (Lipinski definition) is 0. The summed E-state index contributed by atoms with van der Waals surface area (Å²) in [4.78, 5) is 16.5. The average molecular weight is 568 g/mol. The van der Waals surface area contributed by atoms with Gasteiger partial charge in [-0.3, -0.25) is 9.48 Å². The van der Waals surface area contributed by atoms with E-state index in [0.717, 1.165) is 60.7 Å². The van der Waals surface area contributed by atoms with Crippen molar-refractivity contribution >= 4 is 11.6 Å². The number of benzene rings is 2. The summed E-state index contributed by atoms with van der Waals surface area (Å²) < 4.78 is 7.60. The van der Waals surface area contributed by atoms with Crippen molar-refractivity contribution in [1.29, 1.82) is 0 Å². The summed E-state index contributed by atoms with van der Waals surface area (Å²) in [6.45, 7) is 7.62. The lowest BCUT2D eigenvalue weighted by atomic mass is 9.76. The molecular weight excluding hydrogens is 518 g/mol. The van der Waals surface area contributed by atoms with E-state index in [4.69, 9.17) is 4.74 Å². The maximum absolute atomic E-state index is 14.3. The summed E-state index contributed by atoms with van der Waals surface area (Å²) in [5.41, 5.74) is 5.99. The van der Waals surface area contributed by atoms with Crippen LogP contribution < -0.4 is 9.64 Å². The first kappa shape index (κ1) is 29.0. The summed E-state index contributed by atoms with van der Waals surface area (Å²) in [6, 6.07) is 15.9. The van der Waals surface area contributed by atoms with Crippen LogP contribution in [0.3, 0.4) is 0 Å². The van der Waals surface area contributed by atoms with E-state index >= 15 is 0 Å². The highest BCUT2D eigenvalue weighted by molar-refractivity contribution is 5.95. The van der Waals surface area contributed by atoms with Gasteiger partial charge in [0.2, 0.25) is 5.91 Å². The van der Waals surface area contributed by atoms with Gasteiger partial charge in [-0.15, -0.1) is 0 Å². The quantitative estimate of drug-likeness (QED) is 0.259. The van der Waals surface area contributed by atoms with Crippen LogP contribution in [0.25, 0.3) is 11.1 Å². The standard InChI is InChI=1S/C37H49N3O2/c1-25(2)28-12-14-30(15-13-28)37(41)39(35-7-5-6-31(21-35)33-22-38-40(24-33)34-17-18-34)23-27-8-10-29(11-9-27)32-16-19-36(42-4)26(3)20-32/h5-7,16,19-22,24-25,27-30,34H,8-15,17-18,23H2,1-4H3. The minimum Gasteiger partial charge on any atom is -0.496 e.